The fourth-order valence-corrected chi connectivity index (χ4v) is 3.10. The van der Waals surface area contributed by atoms with Crippen molar-refractivity contribution in [2.45, 2.75) is 58.2 Å². The maximum atomic E-state index is 11.0. The summed E-state index contributed by atoms with van der Waals surface area (Å²) in [6.45, 7) is 8.12. The number of nitrogens with one attached hydrogen (secondary N) is 2. The zero-order chi connectivity index (χ0) is 24.1. The minimum Gasteiger partial charge on any atom is -0.453 e. The van der Waals surface area contributed by atoms with Crippen LogP contribution < -0.4 is 10.6 Å². The van der Waals surface area contributed by atoms with Gasteiger partial charge in [-0.25, -0.2) is 4.79 Å². The van der Waals surface area contributed by atoms with E-state index in [4.69, 9.17) is 4.74 Å². The van der Waals surface area contributed by atoms with Crippen molar-refractivity contribution in [3.63, 3.8) is 0 Å². The molecule has 9 nitrogen and oxygen atoms in total. The molecule has 2 aromatic rings. The van der Waals surface area contributed by atoms with E-state index in [0.29, 0.717) is 19.2 Å². The van der Waals surface area contributed by atoms with Crippen molar-refractivity contribution < 1.29 is 19.1 Å². The second kappa shape index (κ2) is 14.5. The second-order valence-corrected chi connectivity index (χ2v) is 8.29. The lowest BCUT2D eigenvalue weighted by molar-refractivity contribution is -0.118. The van der Waals surface area contributed by atoms with E-state index >= 15 is 0 Å². The zero-order valence-corrected chi connectivity index (χ0v) is 20.4. The number of aromatic nitrogens is 2. The molecule has 2 N–H and O–H groups in total. The van der Waals surface area contributed by atoms with E-state index in [0.717, 1.165) is 49.1 Å². The number of para-hydroxylation sites is 1. The molecule has 1 aliphatic heterocycles. The van der Waals surface area contributed by atoms with E-state index in [9.17, 15) is 9.59 Å². The van der Waals surface area contributed by atoms with Gasteiger partial charge in [0.15, 0.2) is 0 Å². The number of hydrogen-bond donors (Lipinski definition) is 2. The molecule has 1 aromatic heterocycles. The van der Waals surface area contributed by atoms with Gasteiger partial charge in [0, 0.05) is 38.6 Å². The molecule has 1 unspecified atom stereocenters. The summed E-state index contributed by atoms with van der Waals surface area (Å²) in [5.41, 5.74) is 1.89. The molecule has 2 heterocycles. The van der Waals surface area contributed by atoms with Gasteiger partial charge in [0.2, 0.25) is 6.41 Å². The Morgan fingerprint density at radius 3 is 2.67 bits per heavy atom. The number of carbonyl (C=O) groups excluding carboxylic acids is 2. The molecule has 1 aromatic carbocycles. The van der Waals surface area contributed by atoms with Gasteiger partial charge in [-0.2, -0.15) is 5.10 Å². The third-order valence-corrected chi connectivity index (χ3v) is 5.33. The van der Waals surface area contributed by atoms with Gasteiger partial charge < -0.3 is 25.0 Å². The quantitative estimate of drug-likeness (QED) is 0.486. The fraction of sp³-hybridized carbons (Fsp3) is 0.625. The van der Waals surface area contributed by atoms with Gasteiger partial charge >= 0.3 is 6.09 Å². The number of nitrogens with zero attached hydrogens (tertiary/aromatic N) is 3. The summed E-state index contributed by atoms with van der Waals surface area (Å²) < 4.78 is 11.7. The molecule has 0 radical (unpaired) electrons. The number of amides is 2. The minimum absolute atomic E-state index is 0.105. The maximum absolute atomic E-state index is 11.0. The maximum Gasteiger partial charge on any atom is 0.406 e. The van der Waals surface area contributed by atoms with E-state index in [-0.39, 0.29) is 6.04 Å². The average molecular weight is 462 g/mol. The summed E-state index contributed by atoms with van der Waals surface area (Å²) in [7, 11) is 3.08. The summed E-state index contributed by atoms with van der Waals surface area (Å²) in [6, 6.07) is 7.84. The Kier molecular flexibility index (Phi) is 11.7. The van der Waals surface area contributed by atoms with Gasteiger partial charge in [0.25, 0.3) is 0 Å². The number of methoxy groups -OCH3 is 1. The normalized spacial score (nSPS) is 17.5. The Labute approximate surface area is 196 Å². The van der Waals surface area contributed by atoms with Crippen LogP contribution in [0.3, 0.4) is 0 Å². The van der Waals surface area contributed by atoms with Gasteiger partial charge in [0.05, 0.1) is 37.1 Å². The highest BCUT2D eigenvalue weighted by molar-refractivity contribution is 5.82. The molecule has 9 heteroatoms. The van der Waals surface area contributed by atoms with Crippen LogP contribution >= 0.6 is 0 Å². The lowest BCUT2D eigenvalue weighted by Crippen LogP contribution is -2.36. The molecular weight excluding hydrogens is 422 g/mol. The summed E-state index contributed by atoms with van der Waals surface area (Å²) in [6.07, 6.45) is 6.03. The van der Waals surface area contributed by atoms with Crippen LogP contribution in [-0.4, -0.2) is 73.7 Å². The van der Waals surface area contributed by atoms with Gasteiger partial charge in [-0.3, -0.25) is 9.48 Å². The highest BCUT2D eigenvalue weighted by Gasteiger charge is 2.18. The van der Waals surface area contributed by atoms with Crippen LogP contribution in [0, 0.1) is 0 Å². The SMILES string of the molecule is C1CC1.CC1CNCCO1.COC(=O)NCCCn1nc([C@@H](C)N(C)C=O)c2ccccc21. The number of aryl methyl sites for hydroxylation is 1. The molecule has 0 bridgehead atoms. The largest absolute Gasteiger partial charge is 0.453 e. The van der Waals surface area contributed by atoms with Gasteiger partial charge in [-0.1, -0.05) is 37.5 Å². The number of hydrogen-bond acceptors (Lipinski definition) is 6. The third kappa shape index (κ3) is 9.39. The van der Waals surface area contributed by atoms with E-state index in [1.54, 1.807) is 11.9 Å². The van der Waals surface area contributed by atoms with Crippen LogP contribution in [-0.2, 0) is 20.8 Å². The van der Waals surface area contributed by atoms with Crippen LogP contribution in [0.15, 0.2) is 24.3 Å². The molecule has 0 spiro atoms. The molecular formula is C24H39N5O4. The van der Waals surface area contributed by atoms with Crippen molar-refractivity contribution in [3.8, 4) is 0 Å². The number of morpholine rings is 1. The van der Waals surface area contributed by atoms with Crippen molar-refractivity contribution in [1.82, 2.24) is 25.3 Å². The van der Waals surface area contributed by atoms with Crippen molar-refractivity contribution in [3.05, 3.63) is 30.0 Å². The number of fused-ring (bicyclic) bond motifs is 1. The molecule has 1 aliphatic carbocycles. The lowest BCUT2D eigenvalue weighted by atomic mass is 10.1. The first-order valence-electron chi connectivity index (χ1n) is 11.7. The number of carbonyl (C=O) groups is 2. The summed E-state index contributed by atoms with van der Waals surface area (Å²) in [4.78, 5) is 23.6. The topological polar surface area (TPSA) is 97.7 Å². The minimum atomic E-state index is -0.433. The van der Waals surface area contributed by atoms with Crippen LogP contribution in [0.2, 0.25) is 0 Å². The molecule has 33 heavy (non-hydrogen) atoms. The molecule has 184 valence electrons. The van der Waals surface area contributed by atoms with Crippen LogP contribution in [0.25, 0.3) is 10.9 Å². The summed E-state index contributed by atoms with van der Waals surface area (Å²) >= 11 is 0. The van der Waals surface area contributed by atoms with E-state index in [1.165, 1.54) is 26.4 Å². The first kappa shape index (κ1) is 26.6. The first-order chi connectivity index (χ1) is 16.0. The summed E-state index contributed by atoms with van der Waals surface area (Å²) in [5, 5.41) is 11.6. The monoisotopic (exact) mass is 461 g/mol. The van der Waals surface area contributed by atoms with Gasteiger partial charge in [-0.05, 0) is 26.3 Å². The molecule has 1 saturated carbocycles. The molecule has 2 aliphatic rings. The van der Waals surface area contributed by atoms with Crippen molar-refractivity contribution in [2.24, 2.45) is 0 Å². The number of alkyl carbamates (subject to hydrolysis) is 1. The van der Waals surface area contributed by atoms with E-state index in [2.05, 4.69) is 27.4 Å². The fourth-order valence-electron chi connectivity index (χ4n) is 3.10. The second-order valence-electron chi connectivity index (χ2n) is 8.29. The van der Waals surface area contributed by atoms with Crippen molar-refractivity contribution in [1.29, 1.82) is 0 Å². The molecule has 1 saturated heterocycles. The Morgan fingerprint density at radius 2 is 2.12 bits per heavy atom. The van der Waals surface area contributed by atoms with Crippen molar-refractivity contribution >= 4 is 23.4 Å². The summed E-state index contributed by atoms with van der Waals surface area (Å²) in [5.74, 6) is 0. The number of benzene rings is 1. The smallest absolute Gasteiger partial charge is 0.406 e. The third-order valence-electron chi connectivity index (χ3n) is 5.33. The predicted octanol–water partition coefficient (Wildman–Crippen LogP) is 3.10. The standard InChI is InChI=1S/C16H22N4O3.C5H11NO.C3H6/c1-12(19(2)11-21)15-13-7-4-5-8-14(13)20(18-15)10-6-9-17-16(22)23-3;1-5-4-6-2-3-7-5;1-2-3-1/h4-5,7-8,11-12H,6,9-10H2,1-3H3,(H,17,22);5-6H,2-4H2,1H3;1-3H2/t12-;;/m1../s1. The van der Waals surface area contributed by atoms with Crippen LogP contribution in [0.4, 0.5) is 4.79 Å². The Hall–Kier alpha value is -2.65. The Balaban J connectivity index is 0.000000314. The molecule has 2 atom stereocenters. The average Bonchev–Trinajstić information content (AvgIpc) is 3.69. The number of rotatable bonds is 7. The van der Waals surface area contributed by atoms with Gasteiger partial charge in [-0.15, -0.1) is 0 Å². The first-order valence-corrected chi connectivity index (χ1v) is 11.7. The molecule has 2 fully saturated rings. The molecule has 2 amide bonds. The highest BCUT2D eigenvalue weighted by atomic mass is 16.5. The Bertz CT molecular complexity index is 846. The highest BCUT2D eigenvalue weighted by Crippen LogP contribution is 2.26. The molecule has 4 rings (SSSR count). The van der Waals surface area contributed by atoms with E-state index in [1.807, 2.05) is 35.9 Å². The number of ether oxygens (including phenoxy) is 2. The Morgan fingerprint density at radius 1 is 1.39 bits per heavy atom. The zero-order valence-electron chi connectivity index (χ0n) is 20.4. The van der Waals surface area contributed by atoms with Crippen LogP contribution in [0.5, 0.6) is 0 Å². The lowest BCUT2D eigenvalue weighted by Gasteiger charge is -2.18. The van der Waals surface area contributed by atoms with E-state index < -0.39 is 6.09 Å². The van der Waals surface area contributed by atoms with Gasteiger partial charge in [0.1, 0.15) is 0 Å². The van der Waals surface area contributed by atoms with Crippen LogP contribution in [0.1, 0.15) is 51.3 Å². The predicted molar refractivity (Wildman–Crippen MR) is 129 cm³/mol. The van der Waals surface area contributed by atoms with Crippen molar-refractivity contribution in [2.75, 3.05) is 40.4 Å².